The van der Waals surface area contributed by atoms with E-state index in [0.717, 1.165) is 22.6 Å². The second-order valence-corrected chi connectivity index (χ2v) is 5.69. The molecule has 1 aromatic heterocycles. The molecular weight excluding hydrogens is 266 g/mol. The largest absolute Gasteiger partial charge is 0.479 e. The molecule has 106 valence electrons. The zero-order valence-corrected chi connectivity index (χ0v) is 12.3. The van der Waals surface area contributed by atoms with Gasteiger partial charge in [-0.1, -0.05) is 6.92 Å². The summed E-state index contributed by atoms with van der Waals surface area (Å²) in [6, 6.07) is 1.71. The highest BCUT2D eigenvalue weighted by atomic mass is 32.1. The topological polar surface area (TPSA) is 75.6 Å². The van der Waals surface area contributed by atoms with Gasteiger partial charge in [-0.3, -0.25) is 4.79 Å². The summed E-state index contributed by atoms with van der Waals surface area (Å²) in [7, 11) is 0. The molecule has 0 aliphatic carbocycles. The first-order valence-electron chi connectivity index (χ1n) is 6.15. The molecule has 19 heavy (non-hydrogen) atoms. The van der Waals surface area contributed by atoms with Crippen molar-refractivity contribution in [2.24, 2.45) is 0 Å². The van der Waals surface area contributed by atoms with E-state index in [9.17, 15) is 9.59 Å². The highest BCUT2D eigenvalue weighted by Crippen LogP contribution is 2.29. The monoisotopic (exact) mass is 285 g/mol. The first kappa shape index (κ1) is 15.5. The van der Waals surface area contributed by atoms with Gasteiger partial charge in [-0.2, -0.15) is 0 Å². The summed E-state index contributed by atoms with van der Waals surface area (Å²) in [5.74, 6) is -1.03. The fourth-order valence-corrected chi connectivity index (χ4v) is 2.22. The average Bonchev–Trinajstić information content (AvgIpc) is 2.70. The molecule has 6 heteroatoms. The first-order valence-corrected chi connectivity index (χ1v) is 6.97. The number of thiophene rings is 1. The summed E-state index contributed by atoms with van der Waals surface area (Å²) in [4.78, 5) is 23.8. The van der Waals surface area contributed by atoms with Crippen LogP contribution in [0.25, 0.3) is 0 Å². The molecule has 0 aliphatic heterocycles. The van der Waals surface area contributed by atoms with Crippen LogP contribution in [0.3, 0.4) is 0 Å². The fourth-order valence-electron chi connectivity index (χ4n) is 1.43. The number of carboxylic acid groups (broad SMARTS) is 1. The number of amides is 1. The Balaban J connectivity index is 2.74. The van der Waals surface area contributed by atoms with Crippen LogP contribution >= 0.6 is 11.3 Å². The van der Waals surface area contributed by atoms with Crippen molar-refractivity contribution in [3.05, 3.63) is 15.8 Å². The number of carboxylic acids is 1. The van der Waals surface area contributed by atoms with Crippen LogP contribution in [0.15, 0.2) is 6.07 Å². The molecule has 2 unspecified atom stereocenters. The minimum atomic E-state index is -1.04. The van der Waals surface area contributed by atoms with Crippen LogP contribution in [0.2, 0.25) is 0 Å². The van der Waals surface area contributed by atoms with E-state index in [1.165, 1.54) is 0 Å². The average molecular weight is 285 g/mol. The molecular formula is C13H19NO4S. The summed E-state index contributed by atoms with van der Waals surface area (Å²) in [5.41, 5.74) is 0. The van der Waals surface area contributed by atoms with Gasteiger partial charge in [0.1, 0.15) is 5.75 Å². The van der Waals surface area contributed by atoms with Gasteiger partial charge in [-0.15, -0.1) is 11.3 Å². The molecule has 1 heterocycles. The van der Waals surface area contributed by atoms with Gasteiger partial charge >= 0.3 is 5.97 Å². The zero-order valence-electron chi connectivity index (χ0n) is 11.5. The molecule has 1 rings (SSSR count). The fraction of sp³-hybridized carbons (Fsp3) is 0.538. The Morgan fingerprint density at radius 1 is 1.47 bits per heavy atom. The molecule has 0 spiro atoms. The number of nitrogens with one attached hydrogen (secondary N) is 1. The highest BCUT2D eigenvalue weighted by molar-refractivity contribution is 7.14. The number of ether oxygens (including phenoxy) is 1. The first-order chi connectivity index (χ1) is 8.85. The molecule has 0 radical (unpaired) electrons. The lowest BCUT2D eigenvalue weighted by Crippen LogP contribution is -2.41. The van der Waals surface area contributed by atoms with Crippen molar-refractivity contribution in [1.82, 2.24) is 5.32 Å². The Bertz CT molecular complexity index is 469. The van der Waals surface area contributed by atoms with Gasteiger partial charge in [0.15, 0.2) is 11.0 Å². The van der Waals surface area contributed by atoms with Crippen LogP contribution in [0, 0.1) is 6.92 Å². The molecule has 2 atom stereocenters. The number of carbonyl (C=O) groups excluding carboxylic acids is 1. The molecule has 0 fully saturated rings. The van der Waals surface area contributed by atoms with Gasteiger partial charge in [-0.05, 0) is 33.3 Å². The van der Waals surface area contributed by atoms with Gasteiger partial charge in [0, 0.05) is 10.9 Å². The number of hydrogen-bond donors (Lipinski definition) is 2. The van der Waals surface area contributed by atoms with Crippen LogP contribution in [0.1, 0.15) is 41.7 Å². The van der Waals surface area contributed by atoms with E-state index in [0.29, 0.717) is 0 Å². The van der Waals surface area contributed by atoms with E-state index in [2.05, 4.69) is 5.32 Å². The van der Waals surface area contributed by atoms with Gasteiger partial charge in [0.25, 0.3) is 5.91 Å². The maximum absolute atomic E-state index is 11.8. The zero-order chi connectivity index (χ0) is 14.6. The van der Waals surface area contributed by atoms with Crippen LogP contribution in [0.4, 0.5) is 0 Å². The lowest BCUT2D eigenvalue weighted by molar-refractivity contribution is -0.127. The third-order valence-corrected chi connectivity index (χ3v) is 3.71. The third-order valence-electron chi connectivity index (χ3n) is 2.69. The Morgan fingerprint density at radius 3 is 2.63 bits per heavy atom. The number of aromatic carboxylic acids is 1. The minimum Gasteiger partial charge on any atom is -0.479 e. The number of rotatable bonds is 6. The summed E-state index contributed by atoms with van der Waals surface area (Å²) in [6.45, 7) is 7.29. The number of carbonyl (C=O) groups is 2. The SMILES string of the molecule is CCC(C)NC(=O)C(C)Oc1cc(C)sc1C(=O)O. The molecule has 0 aliphatic rings. The lowest BCUT2D eigenvalue weighted by Gasteiger charge is -2.17. The molecule has 2 N–H and O–H groups in total. The highest BCUT2D eigenvalue weighted by Gasteiger charge is 2.21. The Morgan fingerprint density at radius 2 is 2.11 bits per heavy atom. The summed E-state index contributed by atoms with van der Waals surface area (Å²) in [5, 5.41) is 11.8. The second kappa shape index (κ2) is 6.56. The molecule has 1 aromatic rings. The predicted octanol–water partition coefficient (Wildman–Crippen LogP) is 2.44. The van der Waals surface area contributed by atoms with Gasteiger partial charge in [0.05, 0.1) is 0 Å². The van der Waals surface area contributed by atoms with Crippen molar-refractivity contribution in [3.8, 4) is 5.75 Å². The van der Waals surface area contributed by atoms with E-state index in [4.69, 9.17) is 9.84 Å². The van der Waals surface area contributed by atoms with E-state index >= 15 is 0 Å². The Kier molecular flexibility index (Phi) is 5.35. The van der Waals surface area contributed by atoms with Crippen LogP contribution in [-0.4, -0.2) is 29.1 Å². The van der Waals surface area contributed by atoms with Gasteiger partial charge < -0.3 is 15.2 Å². The van der Waals surface area contributed by atoms with Crippen molar-refractivity contribution in [1.29, 1.82) is 0 Å². The van der Waals surface area contributed by atoms with Gasteiger partial charge in [0.2, 0.25) is 0 Å². The molecule has 0 bridgehead atoms. The standard InChI is InChI=1S/C13H19NO4S/c1-5-7(2)14-12(15)9(4)18-10-6-8(3)19-11(10)13(16)17/h6-7,9H,5H2,1-4H3,(H,14,15)(H,16,17). The molecule has 1 amide bonds. The normalized spacial score (nSPS) is 13.7. The minimum absolute atomic E-state index is 0.0710. The maximum Gasteiger partial charge on any atom is 0.349 e. The van der Waals surface area contributed by atoms with Crippen molar-refractivity contribution in [2.45, 2.75) is 46.3 Å². The Labute approximate surface area is 116 Å². The molecule has 0 saturated heterocycles. The summed E-state index contributed by atoms with van der Waals surface area (Å²) in [6.07, 6.45) is 0.109. The maximum atomic E-state index is 11.8. The number of hydrogen-bond acceptors (Lipinski definition) is 4. The van der Waals surface area contributed by atoms with Crippen molar-refractivity contribution >= 4 is 23.2 Å². The van der Waals surface area contributed by atoms with Crippen LogP contribution in [0.5, 0.6) is 5.75 Å². The van der Waals surface area contributed by atoms with E-state index in [1.807, 2.05) is 13.8 Å². The van der Waals surface area contributed by atoms with Crippen molar-refractivity contribution in [3.63, 3.8) is 0 Å². The van der Waals surface area contributed by atoms with Crippen molar-refractivity contribution < 1.29 is 19.4 Å². The second-order valence-electron chi connectivity index (χ2n) is 4.43. The molecule has 0 saturated carbocycles. The molecule has 0 aromatic carbocycles. The van der Waals surface area contributed by atoms with E-state index < -0.39 is 12.1 Å². The van der Waals surface area contributed by atoms with Crippen molar-refractivity contribution in [2.75, 3.05) is 0 Å². The summed E-state index contributed by atoms with van der Waals surface area (Å²) < 4.78 is 5.45. The quantitative estimate of drug-likeness (QED) is 0.841. The lowest BCUT2D eigenvalue weighted by atomic mass is 10.2. The summed E-state index contributed by atoms with van der Waals surface area (Å²) >= 11 is 1.14. The predicted molar refractivity (Wildman–Crippen MR) is 74.0 cm³/mol. The Hall–Kier alpha value is -1.56. The van der Waals surface area contributed by atoms with Gasteiger partial charge in [-0.25, -0.2) is 4.79 Å². The van der Waals surface area contributed by atoms with Crippen LogP contribution in [-0.2, 0) is 4.79 Å². The smallest absolute Gasteiger partial charge is 0.349 e. The number of aryl methyl sites for hydroxylation is 1. The van der Waals surface area contributed by atoms with E-state index in [1.54, 1.807) is 19.9 Å². The third kappa shape index (κ3) is 4.24. The van der Waals surface area contributed by atoms with E-state index in [-0.39, 0.29) is 22.6 Å². The van der Waals surface area contributed by atoms with Crippen LogP contribution < -0.4 is 10.1 Å². The molecule has 5 nitrogen and oxygen atoms in total.